The Morgan fingerprint density at radius 3 is 2.68 bits per heavy atom. The molecule has 2 aromatic rings. The molecule has 1 atom stereocenters. The van der Waals surface area contributed by atoms with Crippen LogP contribution in [-0.2, 0) is 13.0 Å². The molecule has 0 bridgehead atoms. The maximum absolute atomic E-state index is 13.9. The van der Waals surface area contributed by atoms with Crippen molar-refractivity contribution in [3.63, 3.8) is 0 Å². The maximum Gasteiger partial charge on any atom is 0.274 e. The largest absolute Gasteiger partial charge is 0.503 e. The zero-order chi connectivity index (χ0) is 21.9. The van der Waals surface area contributed by atoms with E-state index in [9.17, 15) is 28.3 Å². The number of hydrogen-bond donors (Lipinski definition) is 2. The summed E-state index contributed by atoms with van der Waals surface area (Å²) in [6.45, 7) is 0.854. The second-order valence-electron chi connectivity index (χ2n) is 8.48. The Labute approximate surface area is 176 Å². The van der Waals surface area contributed by atoms with Crippen molar-refractivity contribution >= 4 is 11.8 Å². The van der Waals surface area contributed by atoms with Crippen LogP contribution in [0.15, 0.2) is 23.0 Å². The van der Waals surface area contributed by atoms with Gasteiger partial charge in [0.25, 0.3) is 11.8 Å². The quantitative estimate of drug-likeness (QED) is 0.762. The fourth-order valence-corrected chi connectivity index (χ4v) is 4.60. The second-order valence-corrected chi connectivity index (χ2v) is 8.48. The van der Waals surface area contributed by atoms with Crippen molar-refractivity contribution in [3.05, 3.63) is 62.6 Å². The molecule has 1 aliphatic carbocycles. The molecule has 1 aromatic heterocycles. The number of benzene rings is 1. The number of aromatic nitrogens is 1. The number of nitrogens with zero attached hydrogens (tertiary/aromatic N) is 2. The van der Waals surface area contributed by atoms with Gasteiger partial charge >= 0.3 is 0 Å². The summed E-state index contributed by atoms with van der Waals surface area (Å²) in [6, 6.07) is 2.90. The summed E-state index contributed by atoms with van der Waals surface area (Å²) in [6.07, 6.45) is 3.22. The van der Waals surface area contributed by atoms with E-state index in [1.807, 2.05) is 0 Å². The van der Waals surface area contributed by atoms with Gasteiger partial charge in [0.2, 0.25) is 5.43 Å². The third kappa shape index (κ3) is 3.28. The molecular weight excluding hydrogens is 408 g/mol. The Hall–Kier alpha value is -3.23. The van der Waals surface area contributed by atoms with Crippen LogP contribution in [-0.4, -0.2) is 39.5 Å². The van der Waals surface area contributed by atoms with Gasteiger partial charge in [-0.15, -0.1) is 0 Å². The maximum atomic E-state index is 13.9. The molecule has 5 rings (SSSR count). The Morgan fingerprint density at radius 2 is 1.97 bits per heavy atom. The third-order valence-corrected chi connectivity index (χ3v) is 6.34. The molecule has 1 aromatic carbocycles. The molecule has 1 fully saturated rings. The minimum Gasteiger partial charge on any atom is -0.503 e. The van der Waals surface area contributed by atoms with Gasteiger partial charge in [-0.2, -0.15) is 0 Å². The molecule has 2 amide bonds. The van der Waals surface area contributed by atoms with Crippen molar-refractivity contribution in [2.24, 2.45) is 5.92 Å². The fourth-order valence-electron chi connectivity index (χ4n) is 4.60. The van der Waals surface area contributed by atoms with E-state index in [1.165, 1.54) is 6.07 Å². The smallest absolute Gasteiger partial charge is 0.274 e. The van der Waals surface area contributed by atoms with Crippen molar-refractivity contribution in [2.45, 2.75) is 38.3 Å². The molecule has 31 heavy (non-hydrogen) atoms. The zero-order valence-electron chi connectivity index (χ0n) is 16.7. The number of rotatable bonds is 5. The summed E-state index contributed by atoms with van der Waals surface area (Å²) in [5.41, 5.74) is -0.692. The molecule has 3 aliphatic rings. The first-order chi connectivity index (χ1) is 14.8. The van der Waals surface area contributed by atoms with E-state index in [4.69, 9.17) is 0 Å². The standard InChI is InChI=1S/C22H21F2N3O4/c23-13-4-3-12(15(24)7-13)8-25-21(30)17-16-6-5-14-10-26(9-11-1-2-11)22(31)18(27(14)16)20(29)19(17)28/h3-4,7,11,14,29H,1-2,5-6,8-10H2,(H,25,30)/t14-/m0/s1. The van der Waals surface area contributed by atoms with Crippen LogP contribution in [0.25, 0.3) is 0 Å². The topological polar surface area (TPSA) is 91.6 Å². The van der Waals surface area contributed by atoms with Crippen LogP contribution in [0.1, 0.15) is 57.4 Å². The van der Waals surface area contributed by atoms with E-state index in [2.05, 4.69) is 5.32 Å². The number of carbonyl (C=O) groups excluding carboxylic acids is 2. The van der Waals surface area contributed by atoms with E-state index >= 15 is 0 Å². The van der Waals surface area contributed by atoms with Gasteiger partial charge in [0, 0.05) is 37.0 Å². The molecule has 0 unspecified atom stereocenters. The SMILES string of the molecule is O=C(NCc1ccc(F)cc1F)c1c2n3c(c(O)c1=O)C(=O)N(CC1CC1)C[C@@H]3CC2. The van der Waals surface area contributed by atoms with Crippen molar-refractivity contribution in [3.8, 4) is 5.75 Å². The van der Waals surface area contributed by atoms with E-state index in [0.717, 1.165) is 18.9 Å². The van der Waals surface area contributed by atoms with Gasteiger partial charge in [-0.25, -0.2) is 8.78 Å². The Kier molecular flexibility index (Phi) is 4.56. The van der Waals surface area contributed by atoms with Gasteiger partial charge in [-0.05, 0) is 37.7 Å². The molecule has 2 aliphatic heterocycles. The number of aromatic hydroxyl groups is 1. The van der Waals surface area contributed by atoms with Crippen molar-refractivity contribution < 1.29 is 23.5 Å². The lowest BCUT2D eigenvalue weighted by Crippen LogP contribution is -2.45. The van der Waals surface area contributed by atoms with Crippen LogP contribution >= 0.6 is 0 Å². The minimum absolute atomic E-state index is 0.0458. The molecule has 3 heterocycles. The number of halogens is 2. The summed E-state index contributed by atoms with van der Waals surface area (Å²) in [5, 5.41) is 13.1. The number of amides is 2. The van der Waals surface area contributed by atoms with Crippen molar-refractivity contribution in [1.82, 2.24) is 14.8 Å². The molecule has 0 saturated heterocycles. The van der Waals surface area contributed by atoms with Crippen LogP contribution in [0.4, 0.5) is 8.78 Å². The molecule has 7 nitrogen and oxygen atoms in total. The number of nitrogens with one attached hydrogen (secondary N) is 1. The van der Waals surface area contributed by atoms with Crippen LogP contribution in [0.3, 0.4) is 0 Å². The highest BCUT2D eigenvalue weighted by molar-refractivity contribution is 6.00. The molecule has 0 radical (unpaired) electrons. The highest BCUT2D eigenvalue weighted by Crippen LogP contribution is 2.38. The van der Waals surface area contributed by atoms with Crippen LogP contribution < -0.4 is 10.7 Å². The van der Waals surface area contributed by atoms with E-state index in [1.54, 1.807) is 9.47 Å². The molecule has 1 saturated carbocycles. The summed E-state index contributed by atoms with van der Waals surface area (Å²) in [7, 11) is 0. The van der Waals surface area contributed by atoms with E-state index < -0.39 is 28.7 Å². The molecule has 2 N–H and O–H groups in total. The highest BCUT2D eigenvalue weighted by Gasteiger charge is 2.42. The number of hydrogen-bond acceptors (Lipinski definition) is 4. The minimum atomic E-state index is -0.902. The third-order valence-electron chi connectivity index (χ3n) is 6.34. The summed E-state index contributed by atoms with van der Waals surface area (Å²) in [4.78, 5) is 40.4. The Bertz CT molecular complexity index is 1170. The van der Waals surface area contributed by atoms with Gasteiger partial charge in [-0.3, -0.25) is 14.4 Å². The lowest BCUT2D eigenvalue weighted by Gasteiger charge is -2.34. The van der Waals surface area contributed by atoms with E-state index in [-0.39, 0.29) is 35.3 Å². The predicted octanol–water partition coefficient (Wildman–Crippen LogP) is 2.12. The Morgan fingerprint density at radius 1 is 1.19 bits per heavy atom. The van der Waals surface area contributed by atoms with Gasteiger partial charge < -0.3 is 19.9 Å². The van der Waals surface area contributed by atoms with Crippen LogP contribution in [0.5, 0.6) is 5.75 Å². The molecule has 162 valence electrons. The summed E-state index contributed by atoms with van der Waals surface area (Å²) < 4.78 is 28.6. The first kappa shape index (κ1) is 19.7. The lowest BCUT2D eigenvalue weighted by atomic mass is 10.1. The Balaban J connectivity index is 1.47. The fraction of sp³-hybridized carbons (Fsp3) is 0.409. The first-order valence-electron chi connectivity index (χ1n) is 10.4. The van der Waals surface area contributed by atoms with Crippen molar-refractivity contribution in [2.75, 3.05) is 13.1 Å². The normalized spacial score (nSPS) is 19.5. The van der Waals surface area contributed by atoms with Gasteiger partial charge in [0.1, 0.15) is 17.2 Å². The lowest BCUT2D eigenvalue weighted by molar-refractivity contribution is 0.0656. The zero-order valence-corrected chi connectivity index (χ0v) is 16.7. The molecular formula is C22H21F2N3O4. The van der Waals surface area contributed by atoms with Gasteiger partial charge in [0.05, 0.1) is 6.04 Å². The average molecular weight is 429 g/mol. The van der Waals surface area contributed by atoms with Crippen LogP contribution in [0.2, 0.25) is 0 Å². The first-order valence-corrected chi connectivity index (χ1v) is 10.4. The van der Waals surface area contributed by atoms with E-state index in [0.29, 0.717) is 43.6 Å². The average Bonchev–Trinajstić information content (AvgIpc) is 3.46. The summed E-state index contributed by atoms with van der Waals surface area (Å²) >= 11 is 0. The van der Waals surface area contributed by atoms with Crippen LogP contribution in [0, 0.1) is 17.6 Å². The van der Waals surface area contributed by atoms with Crippen molar-refractivity contribution in [1.29, 1.82) is 0 Å². The molecule has 0 spiro atoms. The van der Waals surface area contributed by atoms with Gasteiger partial charge in [0.15, 0.2) is 11.4 Å². The number of pyridine rings is 1. The predicted molar refractivity (Wildman–Crippen MR) is 106 cm³/mol. The highest BCUT2D eigenvalue weighted by atomic mass is 19.1. The summed E-state index contributed by atoms with van der Waals surface area (Å²) in [5.74, 6) is -2.94. The monoisotopic (exact) mass is 429 g/mol. The second kappa shape index (κ2) is 7.18. The molecule has 9 heteroatoms. The number of carbonyl (C=O) groups is 2. The van der Waals surface area contributed by atoms with Gasteiger partial charge in [-0.1, -0.05) is 6.07 Å².